The number of aromatic nitrogens is 3. The van der Waals surface area contributed by atoms with Crippen LogP contribution in [0.3, 0.4) is 0 Å². The maximum absolute atomic E-state index is 12.4. The third kappa shape index (κ3) is 5.46. The Morgan fingerprint density at radius 2 is 1.91 bits per heavy atom. The van der Waals surface area contributed by atoms with Crippen molar-refractivity contribution in [3.05, 3.63) is 77.4 Å². The van der Waals surface area contributed by atoms with Gasteiger partial charge in [0.1, 0.15) is 13.7 Å². The number of carbonyl (C=O) groups is 1. The number of nitrogens with one attached hydrogen (secondary N) is 2. The Balaban J connectivity index is 1.37. The van der Waals surface area contributed by atoms with Gasteiger partial charge in [-0.2, -0.15) is 9.61 Å². The Labute approximate surface area is 199 Å². The van der Waals surface area contributed by atoms with E-state index in [-0.39, 0.29) is 6.03 Å². The van der Waals surface area contributed by atoms with Crippen LogP contribution in [0.1, 0.15) is 12.0 Å². The summed E-state index contributed by atoms with van der Waals surface area (Å²) >= 11 is 6.41. The monoisotopic (exact) mass is 460 g/mol. The molecule has 2 heterocycles. The van der Waals surface area contributed by atoms with E-state index in [2.05, 4.69) is 15.7 Å². The second kappa shape index (κ2) is 10.4. The molecule has 0 saturated carbocycles. The molecule has 9 heteroatoms. The van der Waals surface area contributed by atoms with Crippen LogP contribution in [0, 0.1) is 0 Å². The maximum atomic E-state index is 12.4. The van der Waals surface area contributed by atoms with E-state index >= 15 is 0 Å². The summed E-state index contributed by atoms with van der Waals surface area (Å²) in [4.78, 5) is 18.8. The highest BCUT2D eigenvalue weighted by Crippen LogP contribution is 2.28. The van der Waals surface area contributed by atoms with Crippen molar-refractivity contribution in [3.63, 3.8) is 0 Å². The molecule has 168 valence electrons. The summed E-state index contributed by atoms with van der Waals surface area (Å²) in [5.41, 5.74) is 4.51. The molecule has 2 N–H and O–H groups in total. The molecule has 0 aliphatic rings. The van der Waals surface area contributed by atoms with Crippen molar-refractivity contribution in [1.29, 1.82) is 0 Å². The molecule has 0 bridgehead atoms. The predicted octanol–water partition coefficient (Wildman–Crippen LogP) is 2.95. The van der Waals surface area contributed by atoms with E-state index in [9.17, 15) is 4.79 Å². The fourth-order valence-electron chi connectivity index (χ4n) is 3.55. The van der Waals surface area contributed by atoms with Crippen LogP contribution < -0.4 is 16.1 Å². The van der Waals surface area contributed by atoms with E-state index in [0.29, 0.717) is 24.7 Å². The minimum atomic E-state index is -0.0890. The minimum absolute atomic E-state index is 0.0890. The van der Waals surface area contributed by atoms with Gasteiger partial charge in [0.2, 0.25) is 0 Å². The summed E-state index contributed by atoms with van der Waals surface area (Å²) in [5, 5.41) is 11.5. The summed E-state index contributed by atoms with van der Waals surface area (Å²) in [5.74, 6) is 0.833. The third-order valence-electron chi connectivity index (χ3n) is 5.41. The molecule has 2 aromatic carbocycles. The molecule has 0 saturated heterocycles. The van der Waals surface area contributed by atoms with Gasteiger partial charge in [-0.3, -0.25) is 0 Å². The van der Waals surface area contributed by atoms with Crippen LogP contribution >= 0.6 is 11.6 Å². The number of fused-ring (bicyclic) bond motifs is 1. The molecule has 0 unspecified atom stereocenters. The molecule has 4 rings (SSSR count). The Morgan fingerprint density at radius 1 is 1.15 bits per heavy atom. The Kier molecular flexibility index (Phi) is 7.15. The van der Waals surface area contributed by atoms with Gasteiger partial charge < -0.3 is 15.5 Å². The summed E-state index contributed by atoms with van der Waals surface area (Å²) in [7, 11) is 3.79. The lowest BCUT2D eigenvalue weighted by Gasteiger charge is -2.18. The number of amides is 2. The molecule has 0 fully saturated rings. The molecular formula is C24H26BClN6O. The number of urea groups is 1. The number of halogens is 1. The van der Waals surface area contributed by atoms with E-state index in [1.165, 1.54) is 0 Å². The highest BCUT2D eigenvalue weighted by Gasteiger charge is 2.13. The molecule has 0 atom stereocenters. The molecule has 2 aromatic heterocycles. The van der Waals surface area contributed by atoms with Crippen molar-refractivity contribution >= 4 is 42.4 Å². The summed E-state index contributed by atoms with van der Waals surface area (Å²) < 4.78 is 1.80. The van der Waals surface area contributed by atoms with Crippen LogP contribution in [-0.4, -0.2) is 53.5 Å². The molecular weight excluding hydrogens is 435 g/mol. The average molecular weight is 461 g/mol. The van der Waals surface area contributed by atoms with Gasteiger partial charge >= 0.3 is 6.03 Å². The van der Waals surface area contributed by atoms with Crippen LogP contribution in [0.25, 0.3) is 16.9 Å². The summed E-state index contributed by atoms with van der Waals surface area (Å²) in [6, 6.07) is 19.4. The first-order valence-corrected chi connectivity index (χ1v) is 11.3. The van der Waals surface area contributed by atoms with Gasteiger partial charge in [-0.25, -0.2) is 9.78 Å². The van der Waals surface area contributed by atoms with Crippen molar-refractivity contribution in [2.45, 2.75) is 13.0 Å². The third-order valence-corrected chi connectivity index (χ3v) is 5.74. The lowest BCUT2D eigenvalue weighted by molar-refractivity contribution is 0.208. The van der Waals surface area contributed by atoms with Crippen molar-refractivity contribution in [2.75, 3.05) is 25.5 Å². The summed E-state index contributed by atoms with van der Waals surface area (Å²) in [6.07, 6.45) is 2.58. The van der Waals surface area contributed by atoms with Gasteiger partial charge in [-0.15, -0.1) is 0 Å². The van der Waals surface area contributed by atoms with E-state index in [4.69, 9.17) is 16.6 Å². The van der Waals surface area contributed by atoms with E-state index in [1.54, 1.807) is 22.7 Å². The van der Waals surface area contributed by atoms with Crippen LogP contribution in [0.4, 0.5) is 10.6 Å². The molecule has 0 aliphatic heterocycles. The Bertz CT molecular complexity index is 1250. The average Bonchev–Trinajstić information content (AvgIpc) is 3.21. The zero-order chi connectivity index (χ0) is 23.2. The first-order valence-electron chi connectivity index (χ1n) is 10.9. The van der Waals surface area contributed by atoms with Crippen LogP contribution in [0.2, 0.25) is 5.02 Å². The molecule has 0 radical (unpaired) electrons. The highest BCUT2D eigenvalue weighted by atomic mass is 35.5. The second-order valence-corrected chi connectivity index (χ2v) is 8.32. The molecule has 4 aromatic rings. The van der Waals surface area contributed by atoms with E-state index in [0.717, 1.165) is 40.2 Å². The zero-order valence-electron chi connectivity index (χ0n) is 18.8. The lowest BCUT2D eigenvalue weighted by Crippen LogP contribution is -2.37. The minimum Gasteiger partial charge on any atom is -0.370 e. The quantitative estimate of drug-likeness (QED) is 0.313. The van der Waals surface area contributed by atoms with Crippen LogP contribution in [0.5, 0.6) is 0 Å². The van der Waals surface area contributed by atoms with Gasteiger partial charge in [0, 0.05) is 49.5 Å². The van der Waals surface area contributed by atoms with E-state index in [1.807, 2.05) is 68.5 Å². The predicted molar refractivity (Wildman–Crippen MR) is 136 cm³/mol. The van der Waals surface area contributed by atoms with Crippen LogP contribution in [0.15, 0.2) is 66.9 Å². The fourth-order valence-corrected chi connectivity index (χ4v) is 3.78. The number of anilines is 1. The van der Waals surface area contributed by atoms with Gasteiger partial charge in [0.25, 0.3) is 0 Å². The maximum Gasteiger partial charge on any atom is 0.317 e. The SMILES string of the molecule is Bc1cnn2c(NCCCN(C)C(=O)NCc3ccccc3)cc(-c3ccccc3Cl)nc12. The smallest absolute Gasteiger partial charge is 0.317 e. The Morgan fingerprint density at radius 3 is 2.70 bits per heavy atom. The number of nitrogens with zero attached hydrogens (tertiary/aromatic N) is 4. The number of benzene rings is 2. The molecule has 0 aliphatic carbocycles. The van der Waals surface area contributed by atoms with Crippen molar-refractivity contribution in [2.24, 2.45) is 0 Å². The molecule has 0 spiro atoms. The standard InChI is InChI=1S/C24H26BClN6O/c1-31(24(33)28-15-17-8-3-2-4-9-17)13-7-12-27-22-14-21(18-10-5-6-11-20(18)26)30-23-19(25)16-29-32(22)23/h2-6,8-11,14,16,27H,7,12-13,15,25H2,1H3,(H,28,33). The van der Waals surface area contributed by atoms with E-state index < -0.39 is 0 Å². The first-order chi connectivity index (χ1) is 16.0. The summed E-state index contributed by atoms with van der Waals surface area (Å²) in [6.45, 7) is 1.81. The van der Waals surface area contributed by atoms with Crippen molar-refractivity contribution in [1.82, 2.24) is 24.8 Å². The van der Waals surface area contributed by atoms with Crippen molar-refractivity contribution in [3.8, 4) is 11.3 Å². The topological polar surface area (TPSA) is 74.6 Å². The lowest BCUT2D eigenvalue weighted by atomic mass is 10.0. The second-order valence-electron chi connectivity index (χ2n) is 7.92. The van der Waals surface area contributed by atoms with Gasteiger partial charge in [0.15, 0.2) is 5.65 Å². The molecule has 2 amide bonds. The first kappa shape index (κ1) is 22.7. The van der Waals surface area contributed by atoms with Gasteiger partial charge in [-0.1, -0.05) is 60.1 Å². The van der Waals surface area contributed by atoms with Gasteiger partial charge in [-0.05, 0) is 23.5 Å². The van der Waals surface area contributed by atoms with Gasteiger partial charge in [0.05, 0.1) is 5.69 Å². The molecule has 33 heavy (non-hydrogen) atoms. The van der Waals surface area contributed by atoms with Crippen LogP contribution in [-0.2, 0) is 6.54 Å². The largest absolute Gasteiger partial charge is 0.370 e. The normalized spacial score (nSPS) is 10.8. The number of hydrogen-bond donors (Lipinski definition) is 2. The fraction of sp³-hybridized carbons (Fsp3) is 0.208. The number of carbonyl (C=O) groups excluding carboxylic acids is 1. The number of rotatable bonds is 8. The molecule has 7 nitrogen and oxygen atoms in total. The zero-order valence-corrected chi connectivity index (χ0v) is 19.5. The Hall–Kier alpha value is -3.52. The number of hydrogen-bond acceptors (Lipinski definition) is 4. The van der Waals surface area contributed by atoms with Crippen molar-refractivity contribution < 1.29 is 4.79 Å². The highest BCUT2D eigenvalue weighted by molar-refractivity contribution is 6.36.